The van der Waals surface area contributed by atoms with Crippen LogP contribution < -0.4 is 0 Å². The lowest BCUT2D eigenvalue weighted by Gasteiger charge is -2.48. The molecule has 4 aliphatic rings. The van der Waals surface area contributed by atoms with Gasteiger partial charge in [0.25, 0.3) is 0 Å². The highest BCUT2D eigenvalue weighted by Crippen LogP contribution is 2.75. The summed E-state index contributed by atoms with van der Waals surface area (Å²) in [5, 5.41) is 2.56. The maximum Gasteiger partial charge on any atom is 0.0780 e. The van der Waals surface area contributed by atoms with Gasteiger partial charge in [0.2, 0.25) is 0 Å². The monoisotopic (exact) mass is 337 g/mol. The summed E-state index contributed by atoms with van der Waals surface area (Å²) in [6.45, 7) is 0. The number of pyridine rings is 1. The molecule has 0 radical (unpaired) electrons. The van der Waals surface area contributed by atoms with Crippen LogP contribution in [0, 0.1) is 17.3 Å². The van der Waals surface area contributed by atoms with Gasteiger partial charge in [-0.2, -0.15) is 0 Å². The molecule has 1 nitrogen and oxygen atoms in total. The molecule has 26 heavy (non-hydrogen) atoms. The Kier molecular flexibility index (Phi) is 2.46. The molecule has 7 rings (SSSR count). The van der Waals surface area contributed by atoms with Gasteiger partial charge in [-0.05, 0) is 89.8 Å². The molecule has 0 amide bonds. The van der Waals surface area contributed by atoms with Crippen molar-refractivity contribution in [2.45, 2.75) is 43.9 Å². The van der Waals surface area contributed by atoms with E-state index in [1.165, 1.54) is 48.4 Å². The Morgan fingerprint density at radius 1 is 0.808 bits per heavy atom. The van der Waals surface area contributed by atoms with Crippen LogP contribution in [0.2, 0.25) is 0 Å². The Balaban J connectivity index is 1.42. The molecule has 1 aromatic heterocycles. The first-order valence-corrected chi connectivity index (χ1v) is 10.3. The fraction of sp³-hybridized carbons (Fsp3) is 0.400. The lowest BCUT2D eigenvalue weighted by atomic mass is 9.56. The summed E-state index contributed by atoms with van der Waals surface area (Å²) in [5.41, 5.74) is 6.56. The van der Waals surface area contributed by atoms with Crippen LogP contribution in [0.4, 0.5) is 0 Å². The van der Waals surface area contributed by atoms with Crippen LogP contribution in [0.5, 0.6) is 0 Å². The van der Waals surface area contributed by atoms with Gasteiger partial charge in [0.1, 0.15) is 0 Å². The fourth-order valence-corrected chi connectivity index (χ4v) is 7.44. The molecule has 0 aliphatic heterocycles. The average molecular weight is 337 g/mol. The molecule has 2 aromatic carbocycles. The number of hydrogen-bond acceptors (Lipinski definition) is 1. The zero-order valence-corrected chi connectivity index (χ0v) is 15.0. The number of hydrogen-bond donors (Lipinski definition) is 0. The Labute approximate surface area is 154 Å². The molecule has 0 N–H and O–H groups in total. The molecule has 5 atom stereocenters. The SMILES string of the molecule is c1ccc2c(-c3ccc4c(c3)C3CC5CC6CC4CC65C3)nccc2c1. The number of aromatic nitrogens is 1. The van der Waals surface area contributed by atoms with E-state index in [0.717, 1.165) is 34.8 Å². The third-order valence-electron chi connectivity index (χ3n) is 8.50. The Bertz CT molecular complexity index is 1060. The van der Waals surface area contributed by atoms with Gasteiger partial charge in [-0.25, -0.2) is 0 Å². The minimum Gasteiger partial charge on any atom is -0.256 e. The van der Waals surface area contributed by atoms with Gasteiger partial charge in [0, 0.05) is 17.1 Å². The van der Waals surface area contributed by atoms with E-state index in [2.05, 4.69) is 48.5 Å². The predicted molar refractivity (Wildman–Crippen MR) is 105 cm³/mol. The molecule has 128 valence electrons. The van der Waals surface area contributed by atoms with E-state index >= 15 is 0 Å². The third kappa shape index (κ3) is 1.57. The molecule has 1 heteroatoms. The van der Waals surface area contributed by atoms with E-state index < -0.39 is 0 Å². The van der Waals surface area contributed by atoms with Gasteiger partial charge in [-0.15, -0.1) is 0 Å². The van der Waals surface area contributed by atoms with Crippen molar-refractivity contribution in [2.24, 2.45) is 17.3 Å². The summed E-state index contributed by atoms with van der Waals surface area (Å²) in [4.78, 5) is 4.78. The summed E-state index contributed by atoms with van der Waals surface area (Å²) in [6.07, 6.45) is 9.35. The first kappa shape index (κ1) is 14.0. The normalized spacial score (nSPS) is 35.8. The molecular formula is C25H23N. The van der Waals surface area contributed by atoms with Crippen molar-refractivity contribution in [3.63, 3.8) is 0 Å². The quantitative estimate of drug-likeness (QED) is 0.508. The van der Waals surface area contributed by atoms with Gasteiger partial charge < -0.3 is 0 Å². The highest BCUT2D eigenvalue weighted by molar-refractivity contribution is 5.94. The van der Waals surface area contributed by atoms with Crippen molar-refractivity contribution in [1.82, 2.24) is 4.98 Å². The second-order valence-electron chi connectivity index (χ2n) is 9.36. The van der Waals surface area contributed by atoms with E-state index in [1.807, 2.05) is 6.20 Å². The molecule has 1 heterocycles. The van der Waals surface area contributed by atoms with Crippen molar-refractivity contribution in [1.29, 1.82) is 0 Å². The first-order valence-electron chi connectivity index (χ1n) is 10.3. The van der Waals surface area contributed by atoms with E-state index in [9.17, 15) is 0 Å². The average Bonchev–Trinajstić information content (AvgIpc) is 3.10. The molecule has 3 bridgehead atoms. The van der Waals surface area contributed by atoms with Crippen molar-refractivity contribution >= 4 is 10.8 Å². The molecule has 0 saturated heterocycles. The number of rotatable bonds is 1. The van der Waals surface area contributed by atoms with Gasteiger partial charge in [-0.1, -0.05) is 36.4 Å². The molecule has 4 aliphatic carbocycles. The van der Waals surface area contributed by atoms with Crippen molar-refractivity contribution in [3.8, 4) is 11.3 Å². The standard InChI is InChI=1S/C25H23N/c1-2-4-22-15(3-1)7-8-26-24(22)16-5-6-21-17-9-19-12-20-10-18(23(21)11-16)14-25(19,20)13-17/h1-8,11,17-20H,9-10,12-14H2. The molecule has 3 saturated carbocycles. The van der Waals surface area contributed by atoms with Gasteiger partial charge in [0.05, 0.1) is 5.69 Å². The Morgan fingerprint density at radius 3 is 2.50 bits per heavy atom. The largest absolute Gasteiger partial charge is 0.256 e. The lowest BCUT2D eigenvalue weighted by Crippen LogP contribution is -2.41. The Morgan fingerprint density at radius 2 is 1.62 bits per heavy atom. The second-order valence-corrected chi connectivity index (χ2v) is 9.36. The van der Waals surface area contributed by atoms with Crippen LogP contribution in [0.1, 0.15) is 55.1 Å². The highest BCUT2D eigenvalue weighted by atomic mass is 14.7. The fourth-order valence-electron chi connectivity index (χ4n) is 7.44. The van der Waals surface area contributed by atoms with Crippen molar-refractivity contribution in [3.05, 3.63) is 65.9 Å². The van der Waals surface area contributed by atoms with Crippen molar-refractivity contribution < 1.29 is 0 Å². The number of fused-ring (bicyclic) bond motifs is 6. The summed E-state index contributed by atoms with van der Waals surface area (Å²) in [7, 11) is 0. The van der Waals surface area contributed by atoms with Gasteiger partial charge >= 0.3 is 0 Å². The van der Waals surface area contributed by atoms with Crippen molar-refractivity contribution in [2.75, 3.05) is 0 Å². The molecule has 5 unspecified atom stereocenters. The van der Waals surface area contributed by atoms with E-state index in [-0.39, 0.29) is 0 Å². The van der Waals surface area contributed by atoms with Gasteiger partial charge in [0.15, 0.2) is 0 Å². The predicted octanol–water partition coefficient (Wildman–Crippen LogP) is 6.29. The topological polar surface area (TPSA) is 12.9 Å². The van der Waals surface area contributed by atoms with E-state index in [0.29, 0.717) is 0 Å². The smallest absolute Gasteiger partial charge is 0.0780 e. The van der Waals surface area contributed by atoms with Crippen LogP contribution >= 0.6 is 0 Å². The minimum atomic E-state index is 0.742. The molecule has 3 aromatic rings. The zero-order valence-electron chi connectivity index (χ0n) is 15.0. The van der Waals surface area contributed by atoms with E-state index in [1.54, 1.807) is 11.1 Å². The summed E-state index contributed by atoms with van der Waals surface area (Å²) < 4.78 is 0. The van der Waals surface area contributed by atoms with Crippen LogP contribution in [0.15, 0.2) is 54.7 Å². The summed E-state index contributed by atoms with van der Waals surface area (Å²) in [5.74, 6) is 3.73. The molecule has 3 fully saturated rings. The van der Waals surface area contributed by atoms with Crippen LogP contribution in [0.25, 0.3) is 22.0 Å². The summed E-state index contributed by atoms with van der Waals surface area (Å²) >= 11 is 0. The third-order valence-corrected chi connectivity index (χ3v) is 8.50. The maximum absolute atomic E-state index is 4.78. The van der Waals surface area contributed by atoms with E-state index in [4.69, 9.17) is 4.98 Å². The minimum absolute atomic E-state index is 0.742. The number of benzene rings is 2. The summed E-state index contributed by atoms with van der Waals surface area (Å²) in [6, 6.07) is 18.1. The van der Waals surface area contributed by atoms with Crippen LogP contribution in [0.3, 0.4) is 0 Å². The maximum atomic E-state index is 4.78. The van der Waals surface area contributed by atoms with Crippen LogP contribution in [-0.4, -0.2) is 4.98 Å². The Hall–Kier alpha value is -2.15. The second kappa shape index (κ2) is 4.57. The first-order chi connectivity index (χ1) is 12.8. The highest BCUT2D eigenvalue weighted by Gasteiger charge is 2.65. The molecule has 1 spiro atoms. The van der Waals surface area contributed by atoms with Gasteiger partial charge in [-0.3, -0.25) is 4.98 Å². The number of nitrogens with zero attached hydrogens (tertiary/aromatic N) is 1. The molecular weight excluding hydrogens is 314 g/mol. The van der Waals surface area contributed by atoms with Crippen LogP contribution in [-0.2, 0) is 0 Å². The zero-order chi connectivity index (χ0) is 16.9. The lowest BCUT2D eigenvalue weighted by molar-refractivity contribution is 0.00322.